The molecule has 0 saturated heterocycles. The van der Waals surface area contributed by atoms with Crippen LogP contribution in [-0.4, -0.2) is 18.5 Å². The number of rotatable bonds is 0. The van der Waals surface area contributed by atoms with E-state index in [9.17, 15) is 0 Å². The lowest BCUT2D eigenvalue weighted by Crippen LogP contribution is -2.25. The Balaban J connectivity index is 2.03. The molecule has 3 rings (SSSR count). The molecule has 0 bridgehead atoms. The highest BCUT2D eigenvalue weighted by atomic mass is 15.1. The standard InChI is InChI=1S/C13H19N/c1-14-10-13(8-4-5-9-13)11-6-2-3-7-12(11)14/h3,7H,2,4-6,8-10H2,1H3. The number of allylic oxidation sites excluding steroid dienone is 2. The Kier molecular flexibility index (Phi) is 1.77. The van der Waals surface area contributed by atoms with Crippen LogP contribution in [-0.2, 0) is 0 Å². The van der Waals surface area contributed by atoms with Gasteiger partial charge in [0, 0.05) is 24.7 Å². The summed E-state index contributed by atoms with van der Waals surface area (Å²) in [7, 11) is 2.26. The van der Waals surface area contributed by atoms with Crippen molar-refractivity contribution in [3.05, 3.63) is 23.4 Å². The Morgan fingerprint density at radius 2 is 2.07 bits per heavy atom. The molecule has 0 aromatic carbocycles. The predicted octanol–water partition coefficient (Wildman–Crippen LogP) is 3.10. The first kappa shape index (κ1) is 8.58. The first-order valence-electron chi connectivity index (χ1n) is 5.93. The van der Waals surface area contributed by atoms with Crippen LogP contribution in [0.5, 0.6) is 0 Å². The summed E-state index contributed by atoms with van der Waals surface area (Å²) < 4.78 is 0. The van der Waals surface area contributed by atoms with Gasteiger partial charge in [-0.15, -0.1) is 0 Å². The quantitative estimate of drug-likeness (QED) is 0.566. The van der Waals surface area contributed by atoms with Crippen molar-refractivity contribution in [2.45, 2.75) is 38.5 Å². The van der Waals surface area contributed by atoms with E-state index in [4.69, 9.17) is 0 Å². The Bertz CT molecular complexity index is 305. The fourth-order valence-electron chi connectivity index (χ4n) is 3.69. The fraction of sp³-hybridized carbons (Fsp3) is 0.692. The predicted molar refractivity (Wildman–Crippen MR) is 58.9 cm³/mol. The van der Waals surface area contributed by atoms with Crippen molar-refractivity contribution in [2.24, 2.45) is 5.41 Å². The molecule has 0 radical (unpaired) electrons. The highest BCUT2D eigenvalue weighted by Crippen LogP contribution is 2.52. The Morgan fingerprint density at radius 1 is 1.29 bits per heavy atom. The zero-order valence-electron chi connectivity index (χ0n) is 9.05. The molecule has 0 amide bonds. The zero-order chi connectivity index (χ0) is 9.60. The third-order valence-electron chi connectivity index (χ3n) is 4.30. The Labute approximate surface area is 86.5 Å². The first-order valence-corrected chi connectivity index (χ1v) is 5.93. The summed E-state index contributed by atoms with van der Waals surface area (Å²) in [6.07, 6.45) is 13.1. The lowest BCUT2D eigenvalue weighted by molar-refractivity contribution is 0.299. The van der Waals surface area contributed by atoms with Crippen molar-refractivity contribution < 1.29 is 0 Å². The molecular formula is C13H19N. The van der Waals surface area contributed by atoms with Gasteiger partial charge in [0.25, 0.3) is 0 Å². The van der Waals surface area contributed by atoms with E-state index in [1.54, 1.807) is 11.3 Å². The molecule has 1 spiro atoms. The van der Waals surface area contributed by atoms with Crippen molar-refractivity contribution in [3.63, 3.8) is 0 Å². The van der Waals surface area contributed by atoms with Crippen LogP contribution in [0.15, 0.2) is 23.4 Å². The summed E-state index contributed by atoms with van der Waals surface area (Å²) in [5.41, 5.74) is 3.95. The van der Waals surface area contributed by atoms with Gasteiger partial charge in [-0.25, -0.2) is 0 Å². The highest BCUT2D eigenvalue weighted by Gasteiger charge is 2.44. The smallest absolute Gasteiger partial charge is 0.0359 e. The van der Waals surface area contributed by atoms with Gasteiger partial charge in [0.05, 0.1) is 0 Å². The number of nitrogens with zero attached hydrogens (tertiary/aromatic N) is 1. The van der Waals surface area contributed by atoms with Gasteiger partial charge in [0.1, 0.15) is 0 Å². The Morgan fingerprint density at radius 3 is 2.86 bits per heavy atom. The highest BCUT2D eigenvalue weighted by molar-refractivity contribution is 5.38. The second kappa shape index (κ2) is 2.88. The van der Waals surface area contributed by atoms with Gasteiger partial charge < -0.3 is 4.90 Å². The summed E-state index contributed by atoms with van der Waals surface area (Å²) in [4.78, 5) is 2.48. The maximum atomic E-state index is 2.48. The van der Waals surface area contributed by atoms with Crippen LogP contribution in [0.3, 0.4) is 0 Å². The first-order chi connectivity index (χ1) is 6.82. The maximum Gasteiger partial charge on any atom is 0.0359 e. The topological polar surface area (TPSA) is 3.24 Å². The van der Waals surface area contributed by atoms with Crippen molar-refractivity contribution in [3.8, 4) is 0 Å². The molecule has 0 aromatic rings. The van der Waals surface area contributed by atoms with Gasteiger partial charge in [-0.3, -0.25) is 0 Å². The molecule has 1 heteroatoms. The lowest BCUT2D eigenvalue weighted by Gasteiger charge is -2.27. The fourth-order valence-corrected chi connectivity index (χ4v) is 3.69. The van der Waals surface area contributed by atoms with E-state index >= 15 is 0 Å². The molecule has 2 aliphatic carbocycles. The second-order valence-electron chi connectivity index (χ2n) is 5.15. The minimum Gasteiger partial charge on any atom is -0.374 e. The maximum absolute atomic E-state index is 2.48. The van der Waals surface area contributed by atoms with Crippen molar-refractivity contribution in [1.82, 2.24) is 4.90 Å². The molecule has 0 unspecified atom stereocenters. The third-order valence-corrected chi connectivity index (χ3v) is 4.30. The Hall–Kier alpha value is -0.720. The van der Waals surface area contributed by atoms with Gasteiger partial charge >= 0.3 is 0 Å². The van der Waals surface area contributed by atoms with Gasteiger partial charge in [-0.2, -0.15) is 0 Å². The zero-order valence-corrected chi connectivity index (χ0v) is 9.05. The molecule has 0 atom stereocenters. The van der Waals surface area contributed by atoms with Crippen LogP contribution in [0.1, 0.15) is 38.5 Å². The summed E-state index contributed by atoms with van der Waals surface area (Å²) in [6.45, 7) is 1.29. The SMILES string of the molecule is CN1CC2(CCCC2)C2=C1C=CCC2. The van der Waals surface area contributed by atoms with E-state index in [0.29, 0.717) is 5.41 Å². The molecule has 1 aliphatic heterocycles. The van der Waals surface area contributed by atoms with Crippen molar-refractivity contribution in [1.29, 1.82) is 0 Å². The van der Waals surface area contributed by atoms with E-state index in [1.807, 2.05) is 0 Å². The largest absolute Gasteiger partial charge is 0.374 e. The van der Waals surface area contributed by atoms with Crippen LogP contribution in [0.25, 0.3) is 0 Å². The van der Waals surface area contributed by atoms with E-state index in [2.05, 4.69) is 24.1 Å². The number of hydrogen-bond acceptors (Lipinski definition) is 1. The molecule has 1 fully saturated rings. The van der Waals surface area contributed by atoms with Crippen molar-refractivity contribution >= 4 is 0 Å². The molecule has 1 nitrogen and oxygen atoms in total. The van der Waals surface area contributed by atoms with Crippen LogP contribution in [0, 0.1) is 5.41 Å². The molecule has 0 N–H and O–H groups in total. The molecule has 14 heavy (non-hydrogen) atoms. The summed E-state index contributed by atoms with van der Waals surface area (Å²) in [6, 6.07) is 0. The lowest BCUT2D eigenvalue weighted by atomic mass is 9.77. The van der Waals surface area contributed by atoms with E-state index < -0.39 is 0 Å². The van der Waals surface area contributed by atoms with E-state index in [-0.39, 0.29) is 0 Å². The molecule has 1 heterocycles. The van der Waals surface area contributed by atoms with Crippen LogP contribution >= 0.6 is 0 Å². The van der Waals surface area contributed by atoms with Gasteiger partial charge in [-0.05, 0) is 37.3 Å². The molecule has 3 aliphatic rings. The molecule has 0 aromatic heterocycles. The van der Waals surface area contributed by atoms with Gasteiger partial charge in [-0.1, -0.05) is 18.9 Å². The number of hydrogen-bond donors (Lipinski definition) is 0. The minimum atomic E-state index is 0.606. The van der Waals surface area contributed by atoms with Crippen LogP contribution < -0.4 is 0 Å². The third kappa shape index (κ3) is 1.01. The molecular weight excluding hydrogens is 170 g/mol. The van der Waals surface area contributed by atoms with Gasteiger partial charge in [0.15, 0.2) is 0 Å². The average Bonchev–Trinajstić information content (AvgIpc) is 2.77. The number of fused-ring (bicyclic) bond motifs is 1. The van der Waals surface area contributed by atoms with Crippen LogP contribution in [0.4, 0.5) is 0 Å². The number of likely N-dealkylation sites (N-methyl/N-ethyl adjacent to an activating group) is 1. The average molecular weight is 189 g/mol. The molecule has 76 valence electrons. The summed E-state index contributed by atoms with van der Waals surface area (Å²) in [5.74, 6) is 0. The summed E-state index contributed by atoms with van der Waals surface area (Å²) >= 11 is 0. The summed E-state index contributed by atoms with van der Waals surface area (Å²) in [5, 5.41) is 0. The van der Waals surface area contributed by atoms with Crippen LogP contribution in [0.2, 0.25) is 0 Å². The van der Waals surface area contributed by atoms with E-state index in [1.165, 1.54) is 45.1 Å². The van der Waals surface area contributed by atoms with Gasteiger partial charge in [0.2, 0.25) is 0 Å². The molecule has 1 saturated carbocycles. The normalized spacial score (nSPS) is 29.1. The monoisotopic (exact) mass is 189 g/mol. The van der Waals surface area contributed by atoms with E-state index in [0.717, 1.165) is 0 Å². The minimum absolute atomic E-state index is 0.606. The second-order valence-corrected chi connectivity index (χ2v) is 5.15. The van der Waals surface area contributed by atoms with Crippen molar-refractivity contribution in [2.75, 3.05) is 13.6 Å².